The number of hydrogen-bond acceptors (Lipinski definition) is 4. The highest BCUT2D eigenvalue weighted by molar-refractivity contribution is 7.19. The summed E-state index contributed by atoms with van der Waals surface area (Å²) < 4.78 is 12.7. The molecule has 1 aromatic heterocycles. The molecule has 1 unspecified atom stereocenters. The third-order valence-electron chi connectivity index (χ3n) is 3.74. The summed E-state index contributed by atoms with van der Waals surface area (Å²) in [6, 6.07) is 8.59. The Balaban J connectivity index is 1.72. The molecule has 108 valence electrons. The molecule has 0 bridgehead atoms. The highest BCUT2D eigenvalue weighted by atomic mass is 32.1. The third kappa shape index (κ3) is 3.04. The van der Waals surface area contributed by atoms with Crippen LogP contribution >= 0.6 is 11.3 Å². The Morgan fingerprint density at radius 3 is 3.10 bits per heavy atom. The minimum atomic E-state index is 0.577. The third-order valence-corrected chi connectivity index (χ3v) is 4.96. The van der Waals surface area contributed by atoms with Gasteiger partial charge in [-0.05, 0) is 24.9 Å². The van der Waals surface area contributed by atoms with Crippen LogP contribution in [-0.4, -0.2) is 26.9 Å². The van der Waals surface area contributed by atoms with Gasteiger partial charge in [-0.25, -0.2) is 0 Å². The van der Waals surface area contributed by atoms with Crippen LogP contribution in [0.25, 0.3) is 10.1 Å². The Labute approximate surface area is 123 Å². The van der Waals surface area contributed by atoms with E-state index in [0.717, 1.165) is 32.8 Å². The molecule has 1 aromatic carbocycles. The molecule has 20 heavy (non-hydrogen) atoms. The van der Waals surface area contributed by atoms with Crippen molar-refractivity contribution in [3.05, 3.63) is 34.7 Å². The first-order valence-corrected chi connectivity index (χ1v) is 7.99. The molecular formula is C16H21NO2S. The minimum Gasteiger partial charge on any atom is -0.381 e. The highest BCUT2D eigenvalue weighted by Gasteiger charge is 2.17. The molecule has 1 atom stereocenters. The molecule has 1 fully saturated rings. The molecule has 1 saturated heterocycles. The number of ether oxygens (including phenoxy) is 2. The lowest BCUT2D eigenvalue weighted by Crippen LogP contribution is -2.10. The smallest absolute Gasteiger partial charge is 0.0734 e. The van der Waals surface area contributed by atoms with Crippen LogP contribution in [0.4, 0.5) is 0 Å². The number of rotatable bonds is 6. The van der Waals surface area contributed by atoms with Gasteiger partial charge in [0.05, 0.1) is 19.8 Å². The number of fused-ring (bicyclic) bond motifs is 1. The average molecular weight is 291 g/mol. The second-order valence-corrected chi connectivity index (χ2v) is 6.41. The SMILES string of the molecule is CNCc1sc2ccccc2c1COCC1CCOC1. The van der Waals surface area contributed by atoms with E-state index >= 15 is 0 Å². The van der Waals surface area contributed by atoms with Crippen molar-refractivity contribution >= 4 is 21.4 Å². The van der Waals surface area contributed by atoms with E-state index in [9.17, 15) is 0 Å². The molecule has 3 nitrogen and oxygen atoms in total. The molecule has 4 heteroatoms. The van der Waals surface area contributed by atoms with Gasteiger partial charge in [-0.3, -0.25) is 0 Å². The van der Waals surface area contributed by atoms with Gasteiger partial charge >= 0.3 is 0 Å². The van der Waals surface area contributed by atoms with Crippen LogP contribution < -0.4 is 5.32 Å². The van der Waals surface area contributed by atoms with Crippen molar-refractivity contribution in [3.8, 4) is 0 Å². The van der Waals surface area contributed by atoms with Gasteiger partial charge in [0, 0.05) is 34.2 Å². The maximum absolute atomic E-state index is 5.96. The van der Waals surface area contributed by atoms with E-state index < -0.39 is 0 Å². The molecule has 0 radical (unpaired) electrons. The fraction of sp³-hybridized carbons (Fsp3) is 0.500. The van der Waals surface area contributed by atoms with Crippen LogP contribution in [0.3, 0.4) is 0 Å². The van der Waals surface area contributed by atoms with E-state index in [0.29, 0.717) is 12.5 Å². The largest absolute Gasteiger partial charge is 0.381 e. The summed E-state index contributed by atoms with van der Waals surface area (Å²) >= 11 is 1.86. The fourth-order valence-electron chi connectivity index (χ4n) is 2.65. The first kappa shape index (κ1) is 14.0. The summed E-state index contributed by atoms with van der Waals surface area (Å²) in [7, 11) is 1.99. The van der Waals surface area contributed by atoms with Gasteiger partial charge in [0.25, 0.3) is 0 Å². The van der Waals surface area contributed by atoms with Gasteiger partial charge in [0.1, 0.15) is 0 Å². The van der Waals surface area contributed by atoms with Crippen LogP contribution in [0.2, 0.25) is 0 Å². The van der Waals surface area contributed by atoms with E-state index in [1.165, 1.54) is 20.5 Å². The number of benzene rings is 1. The van der Waals surface area contributed by atoms with E-state index in [4.69, 9.17) is 9.47 Å². The Hall–Kier alpha value is -0.940. The lowest BCUT2D eigenvalue weighted by molar-refractivity contribution is 0.0795. The standard InChI is InChI=1S/C16H21NO2S/c1-17-8-16-14(11-19-10-12-6-7-18-9-12)13-4-2-3-5-15(13)20-16/h2-5,12,17H,6-11H2,1H3. The average Bonchev–Trinajstić information content (AvgIpc) is 3.08. The summed E-state index contributed by atoms with van der Waals surface area (Å²) in [5.41, 5.74) is 1.35. The van der Waals surface area contributed by atoms with E-state index in [1.807, 2.05) is 18.4 Å². The Morgan fingerprint density at radius 1 is 1.40 bits per heavy atom. The van der Waals surface area contributed by atoms with E-state index in [2.05, 4.69) is 29.6 Å². The summed E-state index contributed by atoms with van der Waals surface area (Å²) in [6.07, 6.45) is 1.13. The molecule has 1 aliphatic heterocycles. The molecule has 2 aromatic rings. The quantitative estimate of drug-likeness (QED) is 0.886. The molecule has 3 rings (SSSR count). The van der Waals surface area contributed by atoms with Gasteiger partial charge in [0.2, 0.25) is 0 Å². The van der Waals surface area contributed by atoms with Crippen LogP contribution in [0.5, 0.6) is 0 Å². The second kappa shape index (κ2) is 6.68. The van der Waals surface area contributed by atoms with Gasteiger partial charge in [-0.2, -0.15) is 0 Å². The fourth-order valence-corrected chi connectivity index (χ4v) is 3.88. The zero-order chi connectivity index (χ0) is 13.8. The molecule has 0 aliphatic carbocycles. The Bertz CT molecular complexity index is 561. The van der Waals surface area contributed by atoms with Crippen molar-refractivity contribution in [2.75, 3.05) is 26.9 Å². The Kier molecular flexibility index (Phi) is 4.68. The molecule has 1 aliphatic rings. The second-order valence-electron chi connectivity index (χ2n) is 5.28. The van der Waals surface area contributed by atoms with Crippen LogP contribution in [0.1, 0.15) is 16.9 Å². The number of thiophene rings is 1. The molecule has 1 N–H and O–H groups in total. The maximum atomic E-state index is 5.96. The van der Waals surface area contributed by atoms with Crippen molar-refractivity contribution in [2.45, 2.75) is 19.6 Å². The summed E-state index contributed by atoms with van der Waals surface area (Å²) in [5.74, 6) is 0.577. The maximum Gasteiger partial charge on any atom is 0.0734 e. The van der Waals surface area contributed by atoms with Crippen LogP contribution in [-0.2, 0) is 22.6 Å². The van der Waals surface area contributed by atoms with Crippen molar-refractivity contribution in [1.82, 2.24) is 5.32 Å². The molecule has 2 heterocycles. The van der Waals surface area contributed by atoms with Crippen LogP contribution in [0, 0.1) is 5.92 Å². The molecule has 0 saturated carbocycles. The summed E-state index contributed by atoms with van der Waals surface area (Å²) in [5, 5.41) is 4.59. The minimum absolute atomic E-state index is 0.577. The normalized spacial score (nSPS) is 18.9. The summed E-state index contributed by atoms with van der Waals surface area (Å²) in [4.78, 5) is 1.39. The molecular weight excluding hydrogens is 270 g/mol. The van der Waals surface area contributed by atoms with Crippen molar-refractivity contribution < 1.29 is 9.47 Å². The van der Waals surface area contributed by atoms with Gasteiger partial charge in [-0.1, -0.05) is 18.2 Å². The van der Waals surface area contributed by atoms with Crippen molar-refractivity contribution in [3.63, 3.8) is 0 Å². The first-order valence-electron chi connectivity index (χ1n) is 7.18. The van der Waals surface area contributed by atoms with Crippen LogP contribution in [0.15, 0.2) is 24.3 Å². The summed E-state index contributed by atoms with van der Waals surface area (Å²) in [6.45, 7) is 4.17. The van der Waals surface area contributed by atoms with Gasteiger partial charge in [-0.15, -0.1) is 11.3 Å². The predicted molar refractivity (Wildman–Crippen MR) is 83.2 cm³/mol. The van der Waals surface area contributed by atoms with E-state index in [1.54, 1.807) is 0 Å². The monoisotopic (exact) mass is 291 g/mol. The lowest BCUT2D eigenvalue weighted by atomic mass is 10.1. The molecule has 0 amide bonds. The number of hydrogen-bond donors (Lipinski definition) is 1. The topological polar surface area (TPSA) is 30.5 Å². The lowest BCUT2D eigenvalue weighted by Gasteiger charge is -2.10. The molecule has 0 spiro atoms. The van der Waals surface area contributed by atoms with E-state index in [-0.39, 0.29) is 0 Å². The number of nitrogens with one attached hydrogen (secondary N) is 1. The highest BCUT2D eigenvalue weighted by Crippen LogP contribution is 2.32. The van der Waals surface area contributed by atoms with Crippen molar-refractivity contribution in [1.29, 1.82) is 0 Å². The first-order chi connectivity index (χ1) is 9.88. The zero-order valence-corrected chi connectivity index (χ0v) is 12.7. The zero-order valence-electron chi connectivity index (χ0n) is 11.9. The predicted octanol–water partition coefficient (Wildman–Crippen LogP) is 3.17. The van der Waals surface area contributed by atoms with Gasteiger partial charge < -0.3 is 14.8 Å². The Morgan fingerprint density at radius 2 is 2.30 bits per heavy atom. The van der Waals surface area contributed by atoms with Crippen molar-refractivity contribution in [2.24, 2.45) is 5.92 Å². The van der Waals surface area contributed by atoms with Gasteiger partial charge in [0.15, 0.2) is 0 Å².